The number of anilines is 2. The van der Waals surface area contributed by atoms with Crippen molar-refractivity contribution in [2.24, 2.45) is 0 Å². The minimum atomic E-state index is -4.24. The molecule has 0 amide bonds. The van der Waals surface area contributed by atoms with E-state index in [1.165, 1.54) is 0 Å². The van der Waals surface area contributed by atoms with Crippen LogP contribution in [0.15, 0.2) is 0 Å². The summed E-state index contributed by atoms with van der Waals surface area (Å²) in [5.74, 6) is -0.00419. The Labute approximate surface area is 81.5 Å². The molecule has 1 fully saturated rings. The maximum atomic E-state index is 12.5. The number of halogens is 3. The van der Waals surface area contributed by atoms with E-state index in [1.807, 2.05) is 0 Å². The minimum absolute atomic E-state index is 0.00419. The Morgan fingerprint density at radius 3 is 2.43 bits per heavy atom. The maximum Gasteiger partial charge on any atom is 0.411 e. The van der Waals surface area contributed by atoms with Crippen LogP contribution in [-0.4, -0.2) is 21.1 Å². The predicted octanol–water partition coefficient (Wildman–Crippen LogP) is 1.63. The van der Waals surface area contributed by atoms with Crippen molar-refractivity contribution >= 4 is 22.6 Å². The molecule has 78 valence electrons. The van der Waals surface area contributed by atoms with Gasteiger partial charge in [-0.25, -0.2) is 0 Å². The highest BCUT2D eigenvalue weighted by Gasteiger charge is 2.64. The molecule has 1 aliphatic carbocycles. The van der Waals surface area contributed by atoms with Crippen molar-refractivity contribution in [1.82, 2.24) is 9.36 Å². The lowest BCUT2D eigenvalue weighted by molar-refractivity contribution is -0.151. The molecule has 4 nitrogen and oxygen atoms in total. The molecule has 1 aromatic rings. The molecule has 2 rings (SSSR count). The normalized spacial score (nSPS) is 19.4. The third kappa shape index (κ3) is 1.49. The van der Waals surface area contributed by atoms with Crippen LogP contribution in [0, 0.1) is 0 Å². The molecule has 14 heavy (non-hydrogen) atoms. The number of nitrogen functional groups attached to an aromatic ring is 1. The number of alkyl halides is 3. The Hall–Kier alpha value is -1.05. The summed E-state index contributed by atoms with van der Waals surface area (Å²) in [6.07, 6.45) is -4.08. The van der Waals surface area contributed by atoms with Gasteiger partial charge in [0.2, 0.25) is 11.1 Å². The first-order chi connectivity index (χ1) is 6.43. The summed E-state index contributed by atoms with van der Waals surface area (Å²) in [6, 6.07) is 0. The molecule has 0 spiro atoms. The molecule has 1 aliphatic rings. The van der Waals surface area contributed by atoms with Gasteiger partial charge in [-0.2, -0.15) is 22.5 Å². The number of nitrogens with one attached hydrogen (secondary N) is 1. The van der Waals surface area contributed by atoms with E-state index in [1.54, 1.807) is 0 Å². The third-order valence-electron chi connectivity index (χ3n) is 2.08. The van der Waals surface area contributed by atoms with Gasteiger partial charge in [-0.05, 0) is 12.8 Å². The van der Waals surface area contributed by atoms with Crippen LogP contribution in [0.2, 0.25) is 0 Å². The summed E-state index contributed by atoms with van der Waals surface area (Å²) in [6.45, 7) is 0. The average molecular weight is 224 g/mol. The lowest BCUT2D eigenvalue weighted by Crippen LogP contribution is -2.38. The van der Waals surface area contributed by atoms with Gasteiger partial charge in [0.25, 0.3) is 0 Å². The molecular weight excluding hydrogens is 217 g/mol. The summed E-state index contributed by atoms with van der Waals surface area (Å²) in [5, 5.41) is 2.45. The Morgan fingerprint density at radius 1 is 1.43 bits per heavy atom. The second kappa shape index (κ2) is 2.72. The van der Waals surface area contributed by atoms with E-state index in [0.717, 1.165) is 11.5 Å². The van der Waals surface area contributed by atoms with Crippen LogP contribution in [0.1, 0.15) is 12.8 Å². The van der Waals surface area contributed by atoms with Gasteiger partial charge in [0.05, 0.1) is 0 Å². The molecule has 1 aromatic heterocycles. The fourth-order valence-electron chi connectivity index (χ4n) is 1.09. The predicted molar refractivity (Wildman–Crippen MR) is 46.0 cm³/mol. The first-order valence-corrected chi connectivity index (χ1v) is 4.64. The first-order valence-electron chi connectivity index (χ1n) is 3.87. The van der Waals surface area contributed by atoms with E-state index in [-0.39, 0.29) is 23.9 Å². The highest BCUT2D eigenvalue weighted by Crippen LogP contribution is 2.51. The van der Waals surface area contributed by atoms with Gasteiger partial charge in [0.1, 0.15) is 5.54 Å². The Morgan fingerprint density at radius 2 is 2.07 bits per heavy atom. The highest BCUT2D eigenvalue weighted by molar-refractivity contribution is 7.09. The van der Waals surface area contributed by atoms with Crippen molar-refractivity contribution in [2.45, 2.75) is 24.6 Å². The number of hydrogen-bond donors (Lipinski definition) is 2. The van der Waals surface area contributed by atoms with Crippen LogP contribution >= 0.6 is 11.5 Å². The molecule has 0 radical (unpaired) electrons. The van der Waals surface area contributed by atoms with Crippen molar-refractivity contribution in [3.8, 4) is 0 Å². The molecule has 0 bridgehead atoms. The van der Waals surface area contributed by atoms with Crippen molar-refractivity contribution < 1.29 is 13.2 Å². The largest absolute Gasteiger partial charge is 0.411 e. The minimum Gasteiger partial charge on any atom is -0.367 e. The van der Waals surface area contributed by atoms with Crippen LogP contribution in [-0.2, 0) is 0 Å². The second-order valence-electron chi connectivity index (χ2n) is 3.16. The molecule has 0 saturated heterocycles. The molecule has 8 heteroatoms. The standard InChI is InChI=1S/C6H7F3N4S/c7-6(8,9)5(1-2-5)12-4-11-3(10)13-14-4/h1-2H2,(H3,10,11,12,13). The van der Waals surface area contributed by atoms with E-state index in [4.69, 9.17) is 5.73 Å². The second-order valence-corrected chi connectivity index (χ2v) is 3.91. The third-order valence-corrected chi connectivity index (χ3v) is 2.73. The molecule has 0 aliphatic heterocycles. The summed E-state index contributed by atoms with van der Waals surface area (Å²) < 4.78 is 40.9. The smallest absolute Gasteiger partial charge is 0.367 e. The number of aromatic nitrogens is 2. The quantitative estimate of drug-likeness (QED) is 0.801. The molecule has 1 heterocycles. The van der Waals surface area contributed by atoms with E-state index >= 15 is 0 Å². The fraction of sp³-hybridized carbons (Fsp3) is 0.667. The van der Waals surface area contributed by atoms with Crippen LogP contribution in [0.5, 0.6) is 0 Å². The fourth-order valence-corrected chi connectivity index (χ4v) is 1.69. The van der Waals surface area contributed by atoms with E-state index < -0.39 is 11.7 Å². The maximum absolute atomic E-state index is 12.5. The molecule has 0 aromatic carbocycles. The highest BCUT2D eigenvalue weighted by atomic mass is 32.1. The van der Waals surface area contributed by atoms with Gasteiger partial charge in [-0.1, -0.05) is 0 Å². The molecule has 1 saturated carbocycles. The van der Waals surface area contributed by atoms with Gasteiger partial charge in [-0.15, -0.1) is 0 Å². The number of nitrogens with zero attached hydrogens (tertiary/aromatic N) is 2. The van der Waals surface area contributed by atoms with Gasteiger partial charge in [0.15, 0.2) is 0 Å². The first kappa shape index (κ1) is 9.50. The van der Waals surface area contributed by atoms with Gasteiger partial charge >= 0.3 is 6.18 Å². The van der Waals surface area contributed by atoms with Crippen molar-refractivity contribution in [3.05, 3.63) is 0 Å². The van der Waals surface area contributed by atoms with Crippen molar-refractivity contribution in [3.63, 3.8) is 0 Å². The van der Waals surface area contributed by atoms with Gasteiger partial charge < -0.3 is 11.1 Å². The summed E-state index contributed by atoms with van der Waals surface area (Å²) in [4.78, 5) is 3.62. The summed E-state index contributed by atoms with van der Waals surface area (Å²) in [7, 11) is 0. The summed E-state index contributed by atoms with van der Waals surface area (Å²) >= 11 is 0.835. The Balaban J connectivity index is 2.12. The van der Waals surface area contributed by atoms with Crippen LogP contribution < -0.4 is 11.1 Å². The van der Waals surface area contributed by atoms with E-state index in [9.17, 15) is 13.2 Å². The van der Waals surface area contributed by atoms with Crippen molar-refractivity contribution in [1.29, 1.82) is 0 Å². The number of hydrogen-bond acceptors (Lipinski definition) is 5. The average Bonchev–Trinajstić information content (AvgIpc) is 2.71. The van der Waals surface area contributed by atoms with Crippen LogP contribution in [0.3, 0.4) is 0 Å². The Kier molecular flexibility index (Phi) is 1.85. The molecule has 0 atom stereocenters. The van der Waals surface area contributed by atoms with Gasteiger partial charge in [0, 0.05) is 11.5 Å². The van der Waals surface area contributed by atoms with Crippen molar-refractivity contribution in [2.75, 3.05) is 11.1 Å². The molecular formula is C6H7F3N4S. The van der Waals surface area contributed by atoms with Gasteiger partial charge in [-0.3, -0.25) is 0 Å². The zero-order valence-electron chi connectivity index (χ0n) is 6.93. The van der Waals surface area contributed by atoms with E-state index in [0.29, 0.717) is 0 Å². The zero-order chi connectivity index (χ0) is 10.4. The SMILES string of the molecule is Nc1nsc(NC2(C(F)(F)F)CC2)n1. The van der Waals surface area contributed by atoms with Crippen LogP contribution in [0.4, 0.5) is 24.3 Å². The lowest BCUT2D eigenvalue weighted by atomic mass is 10.3. The van der Waals surface area contributed by atoms with Crippen LogP contribution in [0.25, 0.3) is 0 Å². The van der Waals surface area contributed by atoms with E-state index in [2.05, 4.69) is 14.7 Å². The topological polar surface area (TPSA) is 63.8 Å². The molecule has 0 unspecified atom stereocenters. The zero-order valence-corrected chi connectivity index (χ0v) is 7.74. The Bertz CT molecular complexity index is 343. The summed E-state index contributed by atoms with van der Waals surface area (Å²) in [5.41, 5.74) is 3.40. The number of nitrogens with two attached hydrogens (primary N) is 1. The number of rotatable bonds is 2. The lowest BCUT2D eigenvalue weighted by Gasteiger charge is -2.19. The monoisotopic (exact) mass is 224 g/mol. The molecule has 3 N–H and O–H groups in total.